The number of carbonyl (C=O) groups is 2. The van der Waals surface area contributed by atoms with Crippen molar-refractivity contribution in [1.29, 1.82) is 0 Å². The molecule has 1 saturated heterocycles. The van der Waals surface area contributed by atoms with Crippen LogP contribution in [0.5, 0.6) is 0 Å². The molecule has 25 heavy (non-hydrogen) atoms. The molecule has 2 amide bonds. The molecule has 0 spiro atoms. The Bertz CT molecular complexity index is 725. The van der Waals surface area contributed by atoms with Crippen LogP contribution >= 0.6 is 11.8 Å². The van der Waals surface area contributed by atoms with E-state index in [0.717, 1.165) is 42.1 Å². The van der Waals surface area contributed by atoms with Gasteiger partial charge in [-0.15, -0.1) is 11.8 Å². The number of thioether (sulfide) groups is 1. The third-order valence-electron chi connectivity index (χ3n) is 4.17. The van der Waals surface area contributed by atoms with E-state index in [0.29, 0.717) is 0 Å². The lowest BCUT2D eigenvalue weighted by atomic mass is 10.1. The first-order valence-corrected chi connectivity index (χ1v) is 9.39. The number of likely N-dealkylation sites (tertiary alicyclic amines) is 1. The Labute approximate surface area is 152 Å². The molecule has 1 heterocycles. The number of hydrogen-bond acceptors (Lipinski definition) is 3. The Balaban J connectivity index is 1.79. The number of carbonyl (C=O) groups excluding carboxylic acids is 2. The lowest BCUT2D eigenvalue weighted by Gasteiger charge is -2.23. The standard InChI is InChI=1S/C20H22N2O2S/c1-15(23)21-17-9-11-18(12-10-17)25-19(16-7-3-2-4-8-16)20(24)22-13-5-6-14-22/h2-4,7-12,19H,5-6,13-14H2,1H3,(H,21,23). The van der Waals surface area contributed by atoms with Crippen LogP contribution in [0.2, 0.25) is 0 Å². The lowest BCUT2D eigenvalue weighted by Crippen LogP contribution is -2.31. The van der Waals surface area contributed by atoms with Gasteiger partial charge in [-0.1, -0.05) is 30.3 Å². The van der Waals surface area contributed by atoms with Gasteiger partial charge in [0.2, 0.25) is 11.8 Å². The van der Waals surface area contributed by atoms with Gasteiger partial charge in [0, 0.05) is 30.6 Å². The van der Waals surface area contributed by atoms with Crippen LogP contribution in [0.25, 0.3) is 0 Å². The van der Waals surface area contributed by atoms with Crippen LogP contribution in [0.1, 0.15) is 30.6 Å². The zero-order chi connectivity index (χ0) is 17.6. The summed E-state index contributed by atoms with van der Waals surface area (Å²) < 4.78 is 0. The van der Waals surface area contributed by atoms with E-state index in [2.05, 4.69) is 5.32 Å². The van der Waals surface area contributed by atoms with Crippen LogP contribution in [0.4, 0.5) is 5.69 Å². The number of hydrogen-bond donors (Lipinski definition) is 1. The number of nitrogens with zero attached hydrogens (tertiary/aromatic N) is 1. The van der Waals surface area contributed by atoms with Crippen molar-refractivity contribution in [2.75, 3.05) is 18.4 Å². The maximum atomic E-state index is 13.0. The van der Waals surface area contributed by atoms with Crippen molar-refractivity contribution in [2.45, 2.75) is 29.9 Å². The fraction of sp³-hybridized carbons (Fsp3) is 0.300. The van der Waals surface area contributed by atoms with Crippen molar-refractivity contribution in [1.82, 2.24) is 4.90 Å². The molecule has 0 bridgehead atoms. The maximum Gasteiger partial charge on any atom is 0.240 e. The molecule has 0 aliphatic carbocycles. The Morgan fingerprint density at radius 2 is 1.64 bits per heavy atom. The third kappa shape index (κ3) is 4.63. The molecule has 1 atom stereocenters. The van der Waals surface area contributed by atoms with Crippen molar-refractivity contribution in [3.63, 3.8) is 0 Å². The molecule has 2 aromatic carbocycles. The van der Waals surface area contributed by atoms with Crippen molar-refractivity contribution in [2.24, 2.45) is 0 Å². The van der Waals surface area contributed by atoms with E-state index < -0.39 is 0 Å². The van der Waals surface area contributed by atoms with Gasteiger partial charge in [-0.2, -0.15) is 0 Å². The molecule has 4 nitrogen and oxygen atoms in total. The van der Waals surface area contributed by atoms with Gasteiger partial charge in [0.1, 0.15) is 5.25 Å². The minimum atomic E-state index is -0.245. The molecule has 1 N–H and O–H groups in total. The van der Waals surface area contributed by atoms with E-state index in [9.17, 15) is 9.59 Å². The van der Waals surface area contributed by atoms with E-state index in [1.165, 1.54) is 6.92 Å². The molecule has 3 rings (SSSR count). The van der Waals surface area contributed by atoms with Crippen molar-refractivity contribution < 1.29 is 9.59 Å². The van der Waals surface area contributed by atoms with Gasteiger partial charge in [0.05, 0.1) is 0 Å². The smallest absolute Gasteiger partial charge is 0.240 e. The van der Waals surface area contributed by atoms with Crippen LogP contribution in [-0.2, 0) is 9.59 Å². The normalized spacial score (nSPS) is 15.0. The molecule has 1 aliphatic heterocycles. The third-order valence-corrected chi connectivity index (χ3v) is 5.43. The number of benzene rings is 2. The summed E-state index contributed by atoms with van der Waals surface area (Å²) in [6.07, 6.45) is 2.17. The highest BCUT2D eigenvalue weighted by molar-refractivity contribution is 8.00. The summed E-state index contributed by atoms with van der Waals surface area (Å²) in [6.45, 7) is 3.19. The quantitative estimate of drug-likeness (QED) is 0.823. The molecular formula is C20H22N2O2S. The van der Waals surface area contributed by atoms with Crippen LogP contribution in [-0.4, -0.2) is 29.8 Å². The predicted octanol–water partition coefficient (Wildman–Crippen LogP) is 4.10. The SMILES string of the molecule is CC(=O)Nc1ccc(SC(C(=O)N2CCCC2)c2ccccc2)cc1. The summed E-state index contributed by atoms with van der Waals surface area (Å²) in [5.41, 5.74) is 1.79. The second-order valence-electron chi connectivity index (χ2n) is 6.15. The maximum absolute atomic E-state index is 13.0. The lowest BCUT2D eigenvalue weighted by molar-refractivity contribution is -0.129. The Kier molecular flexibility index (Phi) is 5.76. The summed E-state index contributed by atoms with van der Waals surface area (Å²) in [5, 5.41) is 2.52. The Morgan fingerprint density at radius 1 is 1.00 bits per heavy atom. The predicted molar refractivity (Wildman–Crippen MR) is 102 cm³/mol. The molecule has 1 fully saturated rings. The van der Waals surface area contributed by atoms with E-state index >= 15 is 0 Å². The summed E-state index contributed by atoms with van der Waals surface area (Å²) in [5.74, 6) is 0.0893. The number of anilines is 1. The second kappa shape index (κ2) is 8.21. The minimum Gasteiger partial charge on any atom is -0.341 e. The highest BCUT2D eigenvalue weighted by Crippen LogP contribution is 2.37. The first-order chi connectivity index (χ1) is 12.1. The summed E-state index contributed by atoms with van der Waals surface area (Å²) in [4.78, 5) is 27.1. The van der Waals surface area contributed by atoms with E-state index in [-0.39, 0.29) is 17.1 Å². The number of amides is 2. The molecule has 2 aromatic rings. The summed E-state index contributed by atoms with van der Waals surface area (Å²) >= 11 is 1.56. The largest absolute Gasteiger partial charge is 0.341 e. The molecule has 1 aliphatic rings. The number of rotatable bonds is 5. The van der Waals surface area contributed by atoms with Gasteiger partial charge >= 0.3 is 0 Å². The van der Waals surface area contributed by atoms with Crippen LogP contribution < -0.4 is 5.32 Å². The zero-order valence-electron chi connectivity index (χ0n) is 14.3. The average molecular weight is 354 g/mol. The van der Waals surface area contributed by atoms with E-state index in [4.69, 9.17) is 0 Å². The Hall–Kier alpha value is -2.27. The monoisotopic (exact) mass is 354 g/mol. The first kappa shape index (κ1) is 17.5. The molecule has 0 aromatic heterocycles. The van der Waals surface area contributed by atoms with Crippen LogP contribution in [0.15, 0.2) is 59.5 Å². The summed E-state index contributed by atoms with van der Waals surface area (Å²) in [7, 11) is 0. The van der Waals surface area contributed by atoms with Crippen molar-refractivity contribution in [3.05, 3.63) is 60.2 Å². The zero-order valence-corrected chi connectivity index (χ0v) is 15.1. The van der Waals surface area contributed by atoms with Gasteiger partial charge < -0.3 is 10.2 Å². The van der Waals surface area contributed by atoms with Crippen molar-refractivity contribution >= 4 is 29.3 Å². The molecular weight excluding hydrogens is 332 g/mol. The molecule has 1 unspecified atom stereocenters. The second-order valence-corrected chi connectivity index (χ2v) is 7.33. The van der Waals surface area contributed by atoms with Gasteiger partial charge in [0.15, 0.2) is 0 Å². The fourth-order valence-corrected chi connectivity index (χ4v) is 4.06. The van der Waals surface area contributed by atoms with Crippen LogP contribution in [0.3, 0.4) is 0 Å². The topological polar surface area (TPSA) is 49.4 Å². The first-order valence-electron chi connectivity index (χ1n) is 8.51. The van der Waals surface area contributed by atoms with Gasteiger partial charge in [-0.25, -0.2) is 0 Å². The molecule has 130 valence electrons. The van der Waals surface area contributed by atoms with Crippen LogP contribution in [0, 0.1) is 0 Å². The highest BCUT2D eigenvalue weighted by atomic mass is 32.2. The van der Waals surface area contributed by atoms with E-state index in [1.807, 2.05) is 59.5 Å². The molecule has 5 heteroatoms. The minimum absolute atomic E-state index is 0.0909. The molecule has 0 radical (unpaired) electrons. The van der Waals surface area contributed by atoms with E-state index in [1.54, 1.807) is 11.8 Å². The van der Waals surface area contributed by atoms with Gasteiger partial charge in [-0.3, -0.25) is 9.59 Å². The Morgan fingerprint density at radius 3 is 2.24 bits per heavy atom. The van der Waals surface area contributed by atoms with Gasteiger partial charge in [0.25, 0.3) is 0 Å². The van der Waals surface area contributed by atoms with Gasteiger partial charge in [-0.05, 0) is 42.7 Å². The average Bonchev–Trinajstić information content (AvgIpc) is 3.15. The van der Waals surface area contributed by atoms with Crippen molar-refractivity contribution in [3.8, 4) is 0 Å². The number of nitrogens with one attached hydrogen (secondary N) is 1. The molecule has 0 saturated carbocycles. The summed E-state index contributed by atoms with van der Waals surface area (Å²) in [6, 6.07) is 17.6. The fourth-order valence-electron chi connectivity index (χ4n) is 2.95. The highest BCUT2D eigenvalue weighted by Gasteiger charge is 2.28.